The van der Waals surface area contributed by atoms with Crippen LogP contribution >= 0.6 is 15.9 Å². The van der Waals surface area contributed by atoms with Crippen LogP contribution in [0.15, 0.2) is 22.7 Å². The van der Waals surface area contributed by atoms with E-state index in [-0.39, 0.29) is 17.5 Å². The average molecular weight is 368 g/mol. The van der Waals surface area contributed by atoms with Crippen LogP contribution in [-0.4, -0.2) is 25.7 Å². The Hall–Kier alpha value is -1.08. The second kappa shape index (κ2) is 7.26. The Morgan fingerprint density at radius 2 is 2.00 bits per heavy atom. The van der Waals surface area contributed by atoms with Crippen LogP contribution < -0.4 is 5.32 Å². The lowest BCUT2D eigenvalue weighted by molar-refractivity contribution is -0.137. The lowest BCUT2D eigenvalue weighted by Gasteiger charge is -2.22. The zero-order chi connectivity index (χ0) is 16.2. The molecule has 1 N–H and O–H groups in total. The fourth-order valence-electron chi connectivity index (χ4n) is 1.70. The second-order valence-electron chi connectivity index (χ2n) is 4.97. The summed E-state index contributed by atoms with van der Waals surface area (Å²) >= 11 is 3.10. The Kier molecular flexibility index (Phi) is 6.22. The topological polar surface area (TPSA) is 38.3 Å². The van der Waals surface area contributed by atoms with Gasteiger partial charge < -0.3 is 10.1 Å². The van der Waals surface area contributed by atoms with Gasteiger partial charge in [-0.2, -0.15) is 13.2 Å². The predicted octanol–water partition coefficient (Wildman–Crippen LogP) is 3.87. The summed E-state index contributed by atoms with van der Waals surface area (Å²) in [5, 5.41) is 2.69. The number of alkyl halides is 3. The third-order valence-electron chi connectivity index (χ3n) is 3.01. The second-order valence-corrected chi connectivity index (χ2v) is 5.83. The summed E-state index contributed by atoms with van der Waals surface area (Å²) in [6.07, 6.45) is -4.49. The quantitative estimate of drug-likeness (QED) is 0.857. The Balaban J connectivity index is 3.01. The van der Waals surface area contributed by atoms with Gasteiger partial charge in [0.15, 0.2) is 0 Å². The summed E-state index contributed by atoms with van der Waals surface area (Å²) in [4.78, 5) is 12.2. The molecule has 1 atom stereocenters. The van der Waals surface area contributed by atoms with Crippen molar-refractivity contribution in [2.75, 3.05) is 13.7 Å². The molecule has 0 bridgehead atoms. The number of methoxy groups -OCH3 is 1. The maximum Gasteiger partial charge on any atom is 0.416 e. The lowest BCUT2D eigenvalue weighted by atomic mass is 10.0. The number of hydrogen-bond donors (Lipinski definition) is 1. The molecular formula is C14H17BrF3NO2. The molecule has 0 aliphatic carbocycles. The van der Waals surface area contributed by atoms with Crippen molar-refractivity contribution in [3.63, 3.8) is 0 Å². The Labute approximate surface area is 130 Å². The van der Waals surface area contributed by atoms with Crippen LogP contribution in [0.4, 0.5) is 13.2 Å². The highest BCUT2D eigenvalue weighted by atomic mass is 79.9. The molecule has 1 amide bonds. The summed E-state index contributed by atoms with van der Waals surface area (Å²) in [7, 11) is 1.50. The van der Waals surface area contributed by atoms with E-state index in [0.29, 0.717) is 11.1 Å². The van der Waals surface area contributed by atoms with Gasteiger partial charge in [-0.1, -0.05) is 13.8 Å². The number of nitrogens with one attached hydrogen (secondary N) is 1. The highest BCUT2D eigenvalue weighted by Crippen LogP contribution is 2.31. The zero-order valence-corrected chi connectivity index (χ0v) is 13.5. The van der Waals surface area contributed by atoms with Crippen LogP contribution in [0.3, 0.4) is 0 Å². The molecule has 0 saturated heterocycles. The van der Waals surface area contributed by atoms with Gasteiger partial charge >= 0.3 is 6.18 Å². The Morgan fingerprint density at radius 1 is 1.38 bits per heavy atom. The van der Waals surface area contributed by atoms with Crippen molar-refractivity contribution < 1.29 is 22.7 Å². The van der Waals surface area contributed by atoms with Crippen LogP contribution in [0.1, 0.15) is 29.8 Å². The summed E-state index contributed by atoms with van der Waals surface area (Å²) < 4.78 is 43.4. The van der Waals surface area contributed by atoms with Crippen LogP contribution in [0, 0.1) is 5.92 Å². The van der Waals surface area contributed by atoms with Crippen LogP contribution in [0.2, 0.25) is 0 Å². The van der Waals surface area contributed by atoms with E-state index in [4.69, 9.17) is 4.74 Å². The number of rotatable bonds is 5. The molecule has 0 aromatic heterocycles. The van der Waals surface area contributed by atoms with E-state index in [2.05, 4.69) is 21.2 Å². The van der Waals surface area contributed by atoms with Gasteiger partial charge in [-0.3, -0.25) is 4.79 Å². The first-order valence-electron chi connectivity index (χ1n) is 6.33. The van der Waals surface area contributed by atoms with E-state index in [0.717, 1.165) is 12.1 Å². The molecular weight excluding hydrogens is 351 g/mol. The molecule has 0 aliphatic heterocycles. The SMILES string of the molecule is COCC(NC(=O)c1cc(C(F)(F)F)ccc1Br)C(C)C. The normalized spacial score (nSPS) is 13.3. The lowest BCUT2D eigenvalue weighted by Crippen LogP contribution is -2.41. The third kappa shape index (κ3) is 5.00. The maximum atomic E-state index is 12.7. The van der Waals surface area contributed by atoms with Gasteiger partial charge in [0.05, 0.1) is 23.8 Å². The molecule has 1 unspecified atom stereocenters. The molecule has 0 saturated carbocycles. The minimum Gasteiger partial charge on any atom is -0.383 e. The standard InChI is InChI=1S/C14H17BrF3NO2/c1-8(2)12(7-21-3)19-13(20)10-6-9(14(16,17)18)4-5-11(10)15/h4-6,8,12H,7H2,1-3H3,(H,19,20). The number of hydrogen-bond acceptors (Lipinski definition) is 2. The molecule has 1 aromatic rings. The summed E-state index contributed by atoms with van der Waals surface area (Å²) in [5.41, 5.74) is -0.907. The highest BCUT2D eigenvalue weighted by molar-refractivity contribution is 9.10. The monoisotopic (exact) mass is 367 g/mol. The third-order valence-corrected chi connectivity index (χ3v) is 3.70. The van der Waals surface area contributed by atoms with Crippen LogP contribution in [0.25, 0.3) is 0 Å². The van der Waals surface area contributed by atoms with Crippen molar-refractivity contribution in [1.82, 2.24) is 5.32 Å². The van der Waals surface area contributed by atoms with E-state index in [9.17, 15) is 18.0 Å². The van der Waals surface area contributed by atoms with E-state index in [1.807, 2.05) is 13.8 Å². The van der Waals surface area contributed by atoms with Crippen molar-refractivity contribution in [1.29, 1.82) is 0 Å². The van der Waals surface area contributed by atoms with Crippen molar-refractivity contribution >= 4 is 21.8 Å². The number of ether oxygens (including phenoxy) is 1. The zero-order valence-electron chi connectivity index (χ0n) is 11.9. The van der Waals surface area contributed by atoms with Gasteiger partial charge in [-0.05, 0) is 40.0 Å². The molecule has 0 radical (unpaired) electrons. The fraction of sp³-hybridized carbons (Fsp3) is 0.500. The van der Waals surface area contributed by atoms with Crippen molar-refractivity contribution in [2.24, 2.45) is 5.92 Å². The first-order valence-corrected chi connectivity index (χ1v) is 7.12. The van der Waals surface area contributed by atoms with Crippen LogP contribution in [0.5, 0.6) is 0 Å². The minimum atomic E-state index is -4.49. The van der Waals surface area contributed by atoms with Crippen molar-refractivity contribution in [3.05, 3.63) is 33.8 Å². The maximum absolute atomic E-state index is 12.7. The average Bonchev–Trinajstić information content (AvgIpc) is 2.36. The summed E-state index contributed by atoms with van der Waals surface area (Å²) in [5.74, 6) is -0.470. The number of carbonyl (C=O) groups is 1. The van der Waals surface area contributed by atoms with Crippen LogP contribution in [-0.2, 0) is 10.9 Å². The van der Waals surface area contributed by atoms with Gasteiger partial charge in [0, 0.05) is 11.6 Å². The van der Waals surface area contributed by atoms with Gasteiger partial charge in [0.1, 0.15) is 0 Å². The van der Waals surface area contributed by atoms with Gasteiger partial charge in [-0.15, -0.1) is 0 Å². The molecule has 1 aromatic carbocycles. The number of benzene rings is 1. The van der Waals surface area contributed by atoms with Crippen molar-refractivity contribution in [3.8, 4) is 0 Å². The molecule has 0 spiro atoms. The number of halogens is 4. The van der Waals surface area contributed by atoms with Gasteiger partial charge in [0.2, 0.25) is 0 Å². The predicted molar refractivity (Wildman–Crippen MR) is 77.1 cm³/mol. The molecule has 0 fully saturated rings. The number of carbonyl (C=O) groups excluding carboxylic acids is 1. The fourth-order valence-corrected chi connectivity index (χ4v) is 2.13. The first kappa shape index (κ1) is 18.0. The molecule has 1 rings (SSSR count). The molecule has 7 heteroatoms. The largest absolute Gasteiger partial charge is 0.416 e. The van der Waals surface area contributed by atoms with Gasteiger partial charge in [-0.25, -0.2) is 0 Å². The smallest absolute Gasteiger partial charge is 0.383 e. The molecule has 21 heavy (non-hydrogen) atoms. The van der Waals surface area contributed by atoms with E-state index >= 15 is 0 Å². The van der Waals surface area contributed by atoms with E-state index < -0.39 is 17.6 Å². The molecule has 3 nitrogen and oxygen atoms in total. The number of amides is 1. The minimum absolute atomic E-state index is 0.0495. The summed E-state index contributed by atoms with van der Waals surface area (Å²) in [6.45, 7) is 4.08. The highest BCUT2D eigenvalue weighted by Gasteiger charge is 2.31. The molecule has 118 valence electrons. The Morgan fingerprint density at radius 3 is 2.48 bits per heavy atom. The summed E-state index contributed by atoms with van der Waals surface area (Å²) in [6, 6.07) is 2.71. The molecule has 0 aliphatic rings. The van der Waals surface area contributed by atoms with Gasteiger partial charge in [0.25, 0.3) is 5.91 Å². The van der Waals surface area contributed by atoms with Crippen molar-refractivity contribution in [2.45, 2.75) is 26.1 Å². The Bertz CT molecular complexity index is 503. The van der Waals surface area contributed by atoms with E-state index in [1.165, 1.54) is 13.2 Å². The van der Waals surface area contributed by atoms with E-state index in [1.54, 1.807) is 0 Å². The first-order chi connectivity index (χ1) is 9.66. The molecule has 0 heterocycles.